The van der Waals surface area contributed by atoms with Crippen LogP contribution in [0.3, 0.4) is 0 Å². The highest BCUT2D eigenvalue weighted by molar-refractivity contribution is 6.24. The van der Waals surface area contributed by atoms with E-state index in [0.717, 1.165) is 18.2 Å². The molecule has 1 aliphatic heterocycles. The molecule has 0 saturated carbocycles. The van der Waals surface area contributed by atoms with Crippen molar-refractivity contribution in [3.63, 3.8) is 0 Å². The van der Waals surface area contributed by atoms with Gasteiger partial charge in [0.15, 0.2) is 0 Å². The van der Waals surface area contributed by atoms with Gasteiger partial charge in [0, 0.05) is 17.4 Å². The molecule has 2 amide bonds. The molecule has 0 radical (unpaired) electrons. The van der Waals surface area contributed by atoms with Gasteiger partial charge in [0.2, 0.25) is 0 Å². The molecule has 3 rings (SSSR count). The van der Waals surface area contributed by atoms with E-state index in [-0.39, 0.29) is 5.06 Å². The van der Waals surface area contributed by atoms with Crippen LogP contribution in [0.25, 0.3) is 10.8 Å². The molecule has 2 aromatic rings. The maximum atomic E-state index is 12.1. The lowest BCUT2D eigenvalue weighted by molar-refractivity contribution is -0.0377. The van der Waals surface area contributed by atoms with Gasteiger partial charge in [-0.3, -0.25) is 14.8 Å². The number of hydrogen-bond donors (Lipinski definition) is 1. The number of amides is 2. The number of hydroxylamine groups is 2. The zero-order chi connectivity index (χ0) is 15.0. The summed E-state index contributed by atoms with van der Waals surface area (Å²) < 4.78 is 0. The lowest BCUT2D eigenvalue weighted by Crippen LogP contribution is -2.37. The minimum atomic E-state index is -0.706. The summed E-state index contributed by atoms with van der Waals surface area (Å²) in [5.74, 6) is 4.65. The SMILES string of the molecule is CCCC#Cc1cc2c3c(cccc3c1)C(=O)N(O)C2=O. The van der Waals surface area contributed by atoms with E-state index in [1.807, 2.05) is 19.1 Å². The second kappa shape index (κ2) is 5.04. The number of carbonyl (C=O) groups is 2. The minimum absolute atomic E-state index is 0.167. The van der Waals surface area contributed by atoms with Crippen LogP contribution in [-0.4, -0.2) is 22.1 Å². The average molecular weight is 279 g/mol. The molecule has 0 bridgehead atoms. The Balaban J connectivity index is 2.27. The third-order valence-electron chi connectivity index (χ3n) is 3.43. The van der Waals surface area contributed by atoms with Crippen molar-refractivity contribution >= 4 is 22.6 Å². The van der Waals surface area contributed by atoms with Gasteiger partial charge in [-0.15, -0.1) is 5.06 Å². The number of hydrogen-bond acceptors (Lipinski definition) is 3. The Morgan fingerprint density at radius 2 is 1.90 bits per heavy atom. The monoisotopic (exact) mass is 279 g/mol. The number of imide groups is 1. The first-order valence-electron chi connectivity index (χ1n) is 6.76. The van der Waals surface area contributed by atoms with Gasteiger partial charge in [0.1, 0.15) is 0 Å². The van der Waals surface area contributed by atoms with Crippen LogP contribution in [0.4, 0.5) is 0 Å². The molecule has 0 fully saturated rings. The number of unbranched alkanes of at least 4 members (excludes halogenated alkanes) is 1. The number of carbonyl (C=O) groups excluding carboxylic acids is 2. The average Bonchev–Trinajstić information content (AvgIpc) is 2.50. The van der Waals surface area contributed by atoms with Gasteiger partial charge in [-0.2, -0.15) is 0 Å². The molecule has 0 unspecified atom stereocenters. The molecule has 0 aromatic heterocycles. The molecule has 21 heavy (non-hydrogen) atoms. The van der Waals surface area contributed by atoms with Crippen molar-refractivity contribution in [3.05, 3.63) is 47.0 Å². The van der Waals surface area contributed by atoms with E-state index in [9.17, 15) is 14.8 Å². The minimum Gasteiger partial charge on any atom is -0.278 e. The molecule has 1 N–H and O–H groups in total. The van der Waals surface area contributed by atoms with Crippen molar-refractivity contribution in [2.45, 2.75) is 19.8 Å². The largest absolute Gasteiger partial charge is 0.285 e. The van der Waals surface area contributed by atoms with Crippen molar-refractivity contribution in [1.29, 1.82) is 0 Å². The maximum Gasteiger partial charge on any atom is 0.285 e. The Kier molecular flexibility index (Phi) is 3.20. The van der Waals surface area contributed by atoms with E-state index in [0.29, 0.717) is 22.1 Å². The summed E-state index contributed by atoms with van der Waals surface area (Å²) in [4.78, 5) is 24.0. The van der Waals surface area contributed by atoms with Gasteiger partial charge in [-0.1, -0.05) is 30.9 Å². The zero-order valence-corrected chi connectivity index (χ0v) is 11.5. The van der Waals surface area contributed by atoms with Crippen LogP contribution in [0.5, 0.6) is 0 Å². The van der Waals surface area contributed by atoms with Gasteiger partial charge in [0.05, 0.1) is 11.1 Å². The van der Waals surface area contributed by atoms with Crippen LogP contribution < -0.4 is 0 Å². The molecular weight excluding hydrogens is 266 g/mol. The Morgan fingerprint density at radius 3 is 2.67 bits per heavy atom. The summed E-state index contributed by atoms with van der Waals surface area (Å²) >= 11 is 0. The third-order valence-corrected chi connectivity index (χ3v) is 3.43. The molecule has 0 atom stereocenters. The van der Waals surface area contributed by atoms with E-state index in [2.05, 4.69) is 11.8 Å². The van der Waals surface area contributed by atoms with Crippen LogP contribution in [0, 0.1) is 11.8 Å². The molecule has 4 heteroatoms. The lowest BCUT2D eigenvalue weighted by atomic mass is 9.93. The second-order valence-electron chi connectivity index (χ2n) is 4.90. The fourth-order valence-electron chi connectivity index (χ4n) is 2.46. The molecular formula is C17H13NO3. The van der Waals surface area contributed by atoms with Gasteiger partial charge in [-0.05, 0) is 30.0 Å². The third kappa shape index (κ3) is 2.08. The first kappa shape index (κ1) is 13.3. The van der Waals surface area contributed by atoms with E-state index >= 15 is 0 Å². The molecule has 4 nitrogen and oxygen atoms in total. The summed E-state index contributed by atoms with van der Waals surface area (Å²) in [6.45, 7) is 2.05. The normalized spacial score (nSPS) is 13.3. The summed E-state index contributed by atoms with van der Waals surface area (Å²) in [5.41, 5.74) is 1.35. The molecule has 0 spiro atoms. The van der Waals surface area contributed by atoms with E-state index in [4.69, 9.17) is 0 Å². The Labute approximate surface area is 121 Å². The number of rotatable bonds is 1. The second-order valence-corrected chi connectivity index (χ2v) is 4.90. The van der Waals surface area contributed by atoms with Crippen LogP contribution in [0.1, 0.15) is 46.0 Å². The smallest absolute Gasteiger partial charge is 0.278 e. The standard InChI is InChI=1S/C17H13NO3/c1-2-3-4-6-11-9-12-7-5-8-13-15(12)14(10-11)17(20)18(21)16(13)19/h5,7-10,21H,2-3H2,1H3. The van der Waals surface area contributed by atoms with Gasteiger partial charge in [0.25, 0.3) is 11.8 Å². The van der Waals surface area contributed by atoms with Crippen molar-refractivity contribution in [2.75, 3.05) is 0 Å². The highest BCUT2D eigenvalue weighted by atomic mass is 16.5. The number of nitrogens with zero attached hydrogens (tertiary/aromatic N) is 1. The predicted octanol–water partition coefficient (Wildman–Crippen LogP) is 2.98. The van der Waals surface area contributed by atoms with Crippen LogP contribution in [0.2, 0.25) is 0 Å². The molecule has 0 saturated heterocycles. The molecule has 2 aromatic carbocycles. The quantitative estimate of drug-likeness (QED) is 0.496. The molecule has 1 aliphatic rings. The lowest BCUT2D eigenvalue weighted by Gasteiger charge is -2.21. The van der Waals surface area contributed by atoms with E-state index in [1.54, 1.807) is 18.2 Å². The van der Waals surface area contributed by atoms with Gasteiger partial charge in [-0.25, -0.2) is 0 Å². The Hall–Kier alpha value is -2.64. The fraction of sp³-hybridized carbons (Fsp3) is 0.176. The predicted molar refractivity (Wildman–Crippen MR) is 78.0 cm³/mol. The van der Waals surface area contributed by atoms with Crippen molar-refractivity contribution in [1.82, 2.24) is 5.06 Å². The van der Waals surface area contributed by atoms with Gasteiger partial charge >= 0.3 is 0 Å². The summed E-state index contributed by atoms with van der Waals surface area (Å²) in [7, 11) is 0. The highest BCUT2D eigenvalue weighted by Gasteiger charge is 2.32. The van der Waals surface area contributed by atoms with E-state index in [1.165, 1.54) is 0 Å². The van der Waals surface area contributed by atoms with Crippen molar-refractivity contribution in [2.24, 2.45) is 0 Å². The Bertz CT molecular complexity index is 827. The van der Waals surface area contributed by atoms with E-state index < -0.39 is 11.8 Å². The number of benzene rings is 2. The van der Waals surface area contributed by atoms with Crippen molar-refractivity contribution in [3.8, 4) is 11.8 Å². The topological polar surface area (TPSA) is 57.6 Å². The first-order valence-corrected chi connectivity index (χ1v) is 6.76. The van der Waals surface area contributed by atoms with Gasteiger partial charge < -0.3 is 0 Å². The summed E-state index contributed by atoms with van der Waals surface area (Å²) in [5, 5.41) is 11.2. The molecule has 1 heterocycles. The Morgan fingerprint density at radius 1 is 1.14 bits per heavy atom. The first-order chi connectivity index (χ1) is 10.1. The summed E-state index contributed by atoms with van der Waals surface area (Å²) in [6, 6.07) is 8.66. The highest BCUT2D eigenvalue weighted by Crippen LogP contribution is 2.30. The van der Waals surface area contributed by atoms with Crippen LogP contribution >= 0.6 is 0 Å². The van der Waals surface area contributed by atoms with Crippen molar-refractivity contribution < 1.29 is 14.8 Å². The zero-order valence-electron chi connectivity index (χ0n) is 11.5. The fourth-order valence-corrected chi connectivity index (χ4v) is 2.46. The molecule has 0 aliphatic carbocycles. The van der Waals surface area contributed by atoms with Crippen LogP contribution in [0.15, 0.2) is 30.3 Å². The van der Waals surface area contributed by atoms with Crippen LogP contribution in [-0.2, 0) is 0 Å². The maximum absolute atomic E-state index is 12.1. The molecule has 104 valence electrons. The summed E-state index contributed by atoms with van der Waals surface area (Å²) in [6.07, 6.45) is 1.75.